The van der Waals surface area contributed by atoms with Crippen LogP contribution in [0.25, 0.3) is 10.6 Å². The molecule has 1 amide bonds. The summed E-state index contributed by atoms with van der Waals surface area (Å²) in [4.78, 5) is 30.1. The molecule has 4 aromatic heterocycles. The summed E-state index contributed by atoms with van der Waals surface area (Å²) >= 11 is 3.16. The number of thiazole rings is 2. The number of rotatable bonds is 6. The molecule has 3 atom stereocenters. The van der Waals surface area contributed by atoms with E-state index in [1.54, 1.807) is 24.5 Å². The number of aryl methyl sites for hydroxylation is 3. The van der Waals surface area contributed by atoms with E-state index < -0.39 is 0 Å². The Morgan fingerprint density at radius 3 is 2.58 bits per heavy atom. The van der Waals surface area contributed by atoms with Gasteiger partial charge in [0.15, 0.2) is 5.13 Å². The Morgan fingerprint density at radius 1 is 1.14 bits per heavy atom. The Labute approximate surface area is 215 Å². The third-order valence-electron chi connectivity index (χ3n) is 6.59. The highest BCUT2D eigenvalue weighted by atomic mass is 32.1. The molecule has 0 aliphatic carbocycles. The summed E-state index contributed by atoms with van der Waals surface area (Å²) in [6.45, 7) is 5.73. The van der Waals surface area contributed by atoms with Crippen LogP contribution in [0.5, 0.6) is 6.08 Å². The molecule has 2 saturated heterocycles. The molecule has 6 rings (SSSR count). The average molecular weight is 524 g/mol. The first-order valence-corrected chi connectivity index (χ1v) is 13.5. The molecule has 0 aromatic carbocycles. The van der Waals surface area contributed by atoms with Gasteiger partial charge in [0.2, 0.25) is 5.89 Å². The SMILES string of the molecule is Cc1nnc(OC2C[C@H]3CC[C@@H](C2)N3C(=O)c2ccc(Nc3nc(-c4sc(C)nc4C)cs3)nc2)o1. The maximum atomic E-state index is 13.4. The Bertz CT molecular complexity index is 1380. The molecule has 0 radical (unpaired) electrons. The lowest BCUT2D eigenvalue weighted by Gasteiger charge is -2.38. The molecular formula is C24H25N7O3S2. The molecule has 186 valence electrons. The maximum absolute atomic E-state index is 13.4. The molecule has 2 aliphatic rings. The van der Waals surface area contributed by atoms with E-state index >= 15 is 0 Å². The van der Waals surface area contributed by atoms with Crippen molar-refractivity contribution in [3.8, 4) is 16.6 Å². The van der Waals surface area contributed by atoms with Crippen LogP contribution in [0.15, 0.2) is 28.1 Å². The minimum absolute atomic E-state index is 0.0150. The van der Waals surface area contributed by atoms with Crippen LogP contribution in [0, 0.1) is 20.8 Å². The van der Waals surface area contributed by atoms with Crippen LogP contribution >= 0.6 is 22.7 Å². The van der Waals surface area contributed by atoms with E-state index in [9.17, 15) is 4.79 Å². The summed E-state index contributed by atoms with van der Waals surface area (Å²) < 4.78 is 11.3. The topological polar surface area (TPSA) is 119 Å². The highest BCUT2D eigenvalue weighted by Gasteiger charge is 2.44. The summed E-state index contributed by atoms with van der Waals surface area (Å²) in [6.07, 6.45) is 5.25. The summed E-state index contributed by atoms with van der Waals surface area (Å²) in [5.41, 5.74) is 2.49. The Balaban J connectivity index is 1.10. The summed E-state index contributed by atoms with van der Waals surface area (Å²) in [7, 11) is 0. The Kier molecular flexibility index (Phi) is 5.92. The molecule has 6 heterocycles. The van der Waals surface area contributed by atoms with Crippen molar-refractivity contribution in [1.29, 1.82) is 0 Å². The molecule has 36 heavy (non-hydrogen) atoms. The number of carbonyl (C=O) groups is 1. The first-order chi connectivity index (χ1) is 17.4. The zero-order chi connectivity index (χ0) is 24.8. The van der Waals surface area contributed by atoms with E-state index in [0.717, 1.165) is 52.1 Å². The molecule has 2 fully saturated rings. The van der Waals surface area contributed by atoms with Gasteiger partial charge >= 0.3 is 6.08 Å². The summed E-state index contributed by atoms with van der Waals surface area (Å²) in [5, 5.41) is 14.8. The van der Waals surface area contributed by atoms with Crippen molar-refractivity contribution in [2.75, 3.05) is 5.32 Å². The normalized spacial score (nSPS) is 21.1. The van der Waals surface area contributed by atoms with Gasteiger partial charge in [0.1, 0.15) is 11.9 Å². The van der Waals surface area contributed by atoms with Gasteiger partial charge in [0, 0.05) is 43.4 Å². The van der Waals surface area contributed by atoms with E-state index in [2.05, 4.69) is 30.5 Å². The second-order valence-corrected chi connectivity index (χ2v) is 11.2. The van der Waals surface area contributed by atoms with Crippen molar-refractivity contribution in [1.82, 2.24) is 30.0 Å². The molecule has 2 aliphatic heterocycles. The van der Waals surface area contributed by atoms with E-state index in [1.807, 2.05) is 36.3 Å². The average Bonchev–Trinajstić information content (AvgIpc) is 3.61. The number of ether oxygens (including phenoxy) is 1. The fourth-order valence-corrected chi connectivity index (χ4v) is 6.74. The number of nitrogens with zero attached hydrogens (tertiary/aromatic N) is 6. The number of aromatic nitrogens is 5. The van der Waals surface area contributed by atoms with Gasteiger partial charge in [-0.1, -0.05) is 5.10 Å². The van der Waals surface area contributed by atoms with Gasteiger partial charge in [0.05, 0.1) is 26.8 Å². The number of anilines is 2. The second-order valence-electron chi connectivity index (χ2n) is 9.14. The van der Waals surface area contributed by atoms with Crippen molar-refractivity contribution in [3.63, 3.8) is 0 Å². The fraction of sp³-hybridized carbons (Fsp3) is 0.417. The molecule has 12 heteroatoms. The zero-order valence-corrected chi connectivity index (χ0v) is 21.7. The number of piperidine rings is 1. The number of hydrogen-bond donors (Lipinski definition) is 1. The molecular weight excluding hydrogens is 498 g/mol. The number of hydrogen-bond acceptors (Lipinski definition) is 11. The second kappa shape index (κ2) is 9.25. The first kappa shape index (κ1) is 23.0. The molecule has 4 aromatic rings. The maximum Gasteiger partial charge on any atom is 0.414 e. The van der Waals surface area contributed by atoms with Crippen molar-refractivity contribution < 1.29 is 13.9 Å². The van der Waals surface area contributed by atoms with E-state index in [0.29, 0.717) is 17.3 Å². The largest absolute Gasteiger partial charge is 0.446 e. The van der Waals surface area contributed by atoms with Crippen LogP contribution in [0.4, 0.5) is 10.9 Å². The lowest BCUT2D eigenvalue weighted by atomic mass is 9.98. The van der Waals surface area contributed by atoms with Gasteiger partial charge < -0.3 is 19.4 Å². The number of amides is 1. The van der Waals surface area contributed by atoms with Gasteiger partial charge in [-0.05, 0) is 38.8 Å². The highest BCUT2D eigenvalue weighted by molar-refractivity contribution is 7.16. The predicted molar refractivity (Wildman–Crippen MR) is 136 cm³/mol. The molecule has 2 bridgehead atoms. The van der Waals surface area contributed by atoms with Crippen LogP contribution in [-0.2, 0) is 0 Å². The number of pyridine rings is 1. The van der Waals surface area contributed by atoms with Crippen molar-refractivity contribution in [2.45, 2.75) is 64.6 Å². The monoisotopic (exact) mass is 523 g/mol. The fourth-order valence-electron chi connectivity index (χ4n) is 5.08. The van der Waals surface area contributed by atoms with Gasteiger partial charge in [0.25, 0.3) is 5.91 Å². The van der Waals surface area contributed by atoms with E-state index in [4.69, 9.17) is 9.15 Å². The third-order valence-corrected chi connectivity index (χ3v) is 8.44. The standard InChI is InChI=1S/C24H25N7O3S2/c1-12-21(36-14(3)26-12)19-11-35-23(27-19)28-20-7-4-15(10-25-20)22(32)31-16-5-6-17(31)9-18(8-16)34-24-30-29-13(2)33-24/h4,7,10-11,16-18H,5-6,8-9H2,1-3H3,(H,25,27,28)/t16-,17+,18?. The number of fused-ring (bicyclic) bond motifs is 2. The molecule has 1 N–H and O–H groups in total. The summed E-state index contributed by atoms with van der Waals surface area (Å²) in [5.74, 6) is 1.14. The lowest BCUT2D eigenvalue weighted by molar-refractivity contribution is 0.0274. The van der Waals surface area contributed by atoms with Gasteiger partial charge in [-0.2, -0.15) is 0 Å². The number of nitrogens with one attached hydrogen (secondary N) is 1. The smallest absolute Gasteiger partial charge is 0.414 e. The molecule has 1 unspecified atom stereocenters. The Hall–Kier alpha value is -3.38. The van der Waals surface area contributed by atoms with E-state index in [-0.39, 0.29) is 30.2 Å². The highest BCUT2D eigenvalue weighted by Crippen LogP contribution is 2.38. The van der Waals surface area contributed by atoms with E-state index in [1.165, 1.54) is 11.3 Å². The van der Waals surface area contributed by atoms with Crippen LogP contribution in [-0.4, -0.2) is 54.1 Å². The number of carbonyl (C=O) groups excluding carboxylic acids is 1. The zero-order valence-electron chi connectivity index (χ0n) is 20.1. The van der Waals surface area contributed by atoms with Crippen LogP contribution in [0.1, 0.15) is 52.6 Å². The quantitative estimate of drug-likeness (QED) is 0.375. The molecule has 0 spiro atoms. The summed E-state index contributed by atoms with van der Waals surface area (Å²) in [6, 6.07) is 3.92. The van der Waals surface area contributed by atoms with Crippen molar-refractivity contribution >= 4 is 39.5 Å². The van der Waals surface area contributed by atoms with Crippen molar-refractivity contribution in [2.24, 2.45) is 0 Å². The molecule has 10 nitrogen and oxygen atoms in total. The molecule has 0 saturated carbocycles. The van der Waals surface area contributed by atoms with Gasteiger partial charge in [-0.3, -0.25) is 4.79 Å². The van der Waals surface area contributed by atoms with Crippen LogP contribution < -0.4 is 10.1 Å². The van der Waals surface area contributed by atoms with Crippen LogP contribution in [0.3, 0.4) is 0 Å². The minimum Gasteiger partial charge on any atom is -0.446 e. The first-order valence-electron chi connectivity index (χ1n) is 11.9. The lowest BCUT2D eigenvalue weighted by Crippen LogP contribution is -2.49. The van der Waals surface area contributed by atoms with Crippen LogP contribution in [0.2, 0.25) is 0 Å². The third kappa shape index (κ3) is 4.46. The minimum atomic E-state index is -0.0306. The predicted octanol–water partition coefficient (Wildman–Crippen LogP) is 4.93. The Morgan fingerprint density at radius 2 is 1.94 bits per heavy atom. The van der Waals surface area contributed by atoms with Crippen molar-refractivity contribution in [3.05, 3.63) is 45.9 Å². The van der Waals surface area contributed by atoms with Gasteiger partial charge in [-0.15, -0.1) is 27.8 Å². The van der Waals surface area contributed by atoms with Gasteiger partial charge in [-0.25, -0.2) is 15.0 Å².